The van der Waals surface area contributed by atoms with E-state index in [2.05, 4.69) is 9.71 Å². The summed E-state index contributed by atoms with van der Waals surface area (Å²) in [6.07, 6.45) is 2.77. The van der Waals surface area contributed by atoms with E-state index in [9.17, 15) is 13.5 Å². The largest absolute Gasteiger partial charge is 0.394 e. The summed E-state index contributed by atoms with van der Waals surface area (Å²) in [6, 6.07) is 11.2. The Balaban J connectivity index is 2.24. The molecule has 6 heteroatoms. The van der Waals surface area contributed by atoms with Gasteiger partial charge in [-0.3, -0.25) is 4.98 Å². The Morgan fingerprint density at radius 1 is 1.16 bits per heavy atom. The Labute approximate surface area is 112 Å². The average Bonchev–Trinajstić information content (AvgIpc) is 2.47. The van der Waals surface area contributed by atoms with Crippen LogP contribution in [0.2, 0.25) is 0 Å². The van der Waals surface area contributed by atoms with Gasteiger partial charge >= 0.3 is 0 Å². The monoisotopic (exact) mass is 278 g/mol. The van der Waals surface area contributed by atoms with Crippen molar-refractivity contribution < 1.29 is 13.5 Å². The second-order valence-corrected chi connectivity index (χ2v) is 5.67. The minimum Gasteiger partial charge on any atom is -0.394 e. The van der Waals surface area contributed by atoms with E-state index in [1.165, 1.54) is 18.5 Å². The van der Waals surface area contributed by atoms with E-state index in [-0.39, 0.29) is 11.5 Å². The van der Waals surface area contributed by atoms with E-state index in [1.54, 1.807) is 30.3 Å². The highest BCUT2D eigenvalue weighted by atomic mass is 32.2. The van der Waals surface area contributed by atoms with Crippen LogP contribution in [0, 0.1) is 0 Å². The maximum Gasteiger partial charge on any atom is 0.242 e. The van der Waals surface area contributed by atoms with Gasteiger partial charge in [0.15, 0.2) is 0 Å². The Bertz CT molecular complexity index is 615. The molecule has 0 saturated carbocycles. The van der Waals surface area contributed by atoms with Gasteiger partial charge in [0.25, 0.3) is 0 Å². The molecule has 1 unspecified atom stereocenters. The van der Waals surface area contributed by atoms with Gasteiger partial charge in [0.2, 0.25) is 10.0 Å². The van der Waals surface area contributed by atoms with Gasteiger partial charge in [-0.1, -0.05) is 30.3 Å². The summed E-state index contributed by atoms with van der Waals surface area (Å²) in [6.45, 7) is -0.316. The number of nitrogens with one attached hydrogen (secondary N) is 1. The molecule has 1 atom stereocenters. The molecular formula is C13H14N2O3S. The first-order valence-corrected chi connectivity index (χ1v) is 7.20. The molecule has 0 bridgehead atoms. The maximum absolute atomic E-state index is 12.1. The standard InChI is InChI=1S/C13H14N2O3S/c16-10-13(11-5-2-1-3-6-11)15-19(17,18)12-7-4-8-14-9-12/h1-9,13,15-16H,10H2. The number of benzene rings is 1. The molecule has 1 aromatic carbocycles. The molecule has 0 spiro atoms. The van der Waals surface area contributed by atoms with Crippen LogP contribution in [0.4, 0.5) is 0 Å². The lowest BCUT2D eigenvalue weighted by Gasteiger charge is -2.16. The SMILES string of the molecule is O=S(=O)(NC(CO)c1ccccc1)c1cccnc1. The summed E-state index contributed by atoms with van der Waals surface area (Å²) in [5, 5.41) is 9.35. The van der Waals surface area contributed by atoms with Gasteiger partial charge in [0.05, 0.1) is 12.6 Å². The fourth-order valence-electron chi connectivity index (χ4n) is 1.66. The molecule has 2 rings (SSSR count). The van der Waals surface area contributed by atoms with E-state index in [1.807, 2.05) is 6.07 Å². The summed E-state index contributed by atoms with van der Waals surface area (Å²) in [5.74, 6) is 0. The number of hydrogen-bond acceptors (Lipinski definition) is 4. The molecular weight excluding hydrogens is 264 g/mol. The molecule has 0 radical (unpaired) electrons. The van der Waals surface area contributed by atoms with Crippen molar-refractivity contribution in [2.45, 2.75) is 10.9 Å². The number of aromatic nitrogens is 1. The number of aliphatic hydroxyl groups is 1. The molecule has 5 nitrogen and oxygen atoms in total. The van der Waals surface area contributed by atoms with Crippen LogP contribution in [0.3, 0.4) is 0 Å². The highest BCUT2D eigenvalue weighted by Gasteiger charge is 2.20. The first-order valence-electron chi connectivity index (χ1n) is 5.71. The van der Waals surface area contributed by atoms with Crippen LogP contribution in [-0.4, -0.2) is 25.1 Å². The molecule has 100 valence electrons. The topological polar surface area (TPSA) is 79.3 Å². The van der Waals surface area contributed by atoms with E-state index >= 15 is 0 Å². The van der Waals surface area contributed by atoms with Crippen LogP contribution in [0.1, 0.15) is 11.6 Å². The van der Waals surface area contributed by atoms with Crippen molar-refractivity contribution in [1.82, 2.24) is 9.71 Å². The minimum absolute atomic E-state index is 0.0735. The molecule has 2 aromatic rings. The van der Waals surface area contributed by atoms with Crippen molar-refractivity contribution in [3.63, 3.8) is 0 Å². The molecule has 1 aromatic heterocycles. The molecule has 0 amide bonds. The average molecular weight is 278 g/mol. The third-order valence-corrected chi connectivity index (χ3v) is 4.08. The predicted octanol–water partition coefficient (Wildman–Crippen LogP) is 1.09. The van der Waals surface area contributed by atoms with Crippen LogP contribution >= 0.6 is 0 Å². The van der Waals surface area contributed by atoms with E-state index in [4.69, 9.17) is 0 Å². The zero-order valence-corrected chi connectivity index (χ0v) is 10.9. The highest BCUT2D eigenvalue weighted by molar-refractivity contribution is 7.89. The normalized spacial score (nSPS) is 13.1. The van der Waals surface area contributed by atoms with Gasteiger partial charge in [-0.05, 0) is 17.7 Å². The predicted molar refractivity (Wildman–Crippen MR) is 70.8 cm³/mol. The molecule has 0 aliphatic rings. The van der Waals surface area contributed by atoms with Crippen LogP contribution in [-0.2, 0) is 10.0 Å². The van der Waals surface area contributed by atoms with Gasteiger partial charge in [0, 0.05) is 12.4 Å². The van der Waals surface area contributed by atoms with Crippen molar-refractivity contribution in [2.75, 3.05) is 6.61 Å². The molecule has 0 aliphatic heterocycles. The van der Waals surface area contributed by atoms with Gasteiger partial charge in [-0.25, -0.2) is 13.1 Å². The first kappa shape index (κ1) is 13.7. The zero-order valence-electron chi connectivity index (χ0n) is 10.1. The molecule has 19 heavy (non-hydrogen) atoms. The second-order valence-electron chi connectivity index (χ2n) is 3.96. The molecule has 1 heterocycles. The molecule has 0 saturated heterocycles. The summed E-state index contributed by atoms with van der Waals surface area (Å²) >= 11 is 0. The quantitative estimate of drug-likeness (QED) is 0.858. The maximum atomic E-state index is 12.1. The van der Waals surface area contributed by atoms with E-state index in [0.717, 1.165) is 0 Å². The number of pyridine rings is 1. The zero-order chi connectivity index (χ0) is 13.7. The Morgan fingerprint density at radius 3 is 2.47 bits per heavy atom. The molecule has 0 aliphatic carbocycles. The Kier molecular flexibility index (Phi) is 4.26. The summed E-state index contributed by atoms with van der Waals surface area (Å²) in [4.78, 5) is 3.85. The third-order valence-electron chi connectivity index (χ3n) is 2.63. The van der Waals surface area contributed by atoms with Gasteiger partial charge in [-0.15, -0.1) is 0 Å². The fraction of sp³-hybridized carbons (Fsp3) is 0.154. The molecule has 0 fully saturated rings. The van der Waals surface area contributed by atoms with Gasteiger partial charge in [0.1, 0.15) is 4.90 Å². The molecule has 2 N–H and O–H groups in total. The number of nitrogens with zero attached hydrogens (tertiary/aromatic N) is 1. The van der Waals surface area contributed by atoms with Crippen molar-refractivity contribution in [3.05, 3.63) is 60.4 Å². The van der Waals surface area contributed by atoms with Crippen LogP contribution < -0.4 is 4.72 Å². The summed E-state index contributed by atoms with van der Waals surface area (Å²) in [5.41, 5.74) is 0.706. The van der Waals surface area contributed by atoms with Crippen molar-refractivity contribution in [2.24, 2.45) is 0 Å². The van der Waals surface area contributed by atoms with Crippen LogP contribution in [0.15, 0.2) is 59.8 Å². The number of hydrogen-bond donors (Lipinski definition) is 2. The number of aliphatic hydroxyl groups excluding tert-OH is 1. The fourth-order valence-corrected chi connectivity index (χ4v) is 2.84. The van der Waals surface area contributed by atoms with Gasteiger partial charge in [-0.2, -0.15) is 0 Å². The van der Waals surface area contributed by atoms with Gasteiger partial charge < -0.3 is 5.11 Å². The lowest BCUT2D eigenvalue weighted by atomic mass is 10.1. The second kappa shape index (κ2) is 5.92. The third kappa shape index (κ3) is 3.37. The van der Waals surface area contributed by atoms with Crippen LogP contribution in [0.5, 0.6) is 0 Å². The first-order chi connectivity index (χ1) is 9.13. The number of sulfonamides is 1. The Morgan fingerprint density at radius 2 is 1.89 bits per heavy atom. The number of rotatable bonds is 5. The van der Waals surface area contributed by atoms with Crippen molar-refractivity contribution in [3.8, 4) is 0 Å². The lowest BCUT2D eigenvalue weighted by Crippen LogP contribution is -2.30. The van der Waals surface area contributed by atoms with E-state index in [0.29, 0.717) is 5.56 Å². The van der Waals surface area contributed by atoms with Crippen molar-refractivity contribution in [1.29, 1.82) is 0 Å². The summed E-state index contributed by atoms with van der Waals surface area (Å²) in [7, 11) is -3.69. The highest BCUT2D eigenvalue weighted by Crippen LogP contribution is 2.16. The Hall–Kier alpha value is -1.76. The van der Waals surface area contributed by atoms with Crippen LogP contribution in [0.25, 0.3) is 0 Å². The summed E-state index contributed by atoms with van der Waals surface area (Å²) < 4.78 is 26.7. The lowest BCUT2D eigenvalue weighted by molar-refractivity contribution is 0.259. The smallest absolute Gasteiger partial charge is 0.242 e. The van der Waals surface area contributed by atoms with E-state index < -0.39 is 16.1 Å². The van der Waals surface area contributed by atoms with Crippen molar-refractivity contribution >= 4 is 10.0 Å². The minimum atomic E-state index is -3.69.